The largest absolute Gasteiger partial charge is 0.366 e. The van der Waals surface area contributed by atoms with Crippen molar-refractivity contribution in [2.24, 2.45) is 5.73 Å². The monoisotopic (exact) mass is 411 g/mol. The fourth-order valence-electron chi connectivity index (χ4n) is 3.65. The quantitative estimate of drug-likeness (QED) is 0.476. The Bertz CT molecular complexity index is 919. The molecule has 3 amide bonds. The predicted molar refractivity (Wildman–Crippen MR) is 113 cm³/mol. The molecule has 0 aliphatic carbocycles. The molecule has 1 unspecified atom stereocenters. The highest BCUT2D eigenvalue weighted by Gasteiger charge is 2.26. The maximum Gasteiger partial charge on any atom is 0.319 e. The van der Waals surface area contributed by atoms with Gasteiger partial charge in [0.1, 0.15) is 0 Å². The molecule has 9 nitrogen and oxygen atoms in total. The summed E-state index contributed by atoms with van der Waals surface area (Å²) < 4.78 is 0. The molecule has 0 aromatic heterocycles. The Kier molecular flexibility index (Phi) is 6.97. The van der Waals surface area contributed by atoms with Crippen molar-refractivity contribution in [3.63, 3.8) is 0 Å². The first-order chi connectivity index (χ1) is 14.4. The van der Waals surface area contributed by atoms with Gasteiger partial charge >= 0.3 is 6.03 Å². The molecule has 1 heterocycles. The van der Waals surface area contributed by atoms with E-state index in [1.807, 2.05) is 18.2 Å². The molecule has 1 saturated heterocycles. The maximum absolute atomic E-state index is 12.2. The minimum atomic E-state index is -0.700. The highest BCUT2D eigenvalue weighted by Crippen LogP contribution is 2.25. The Labute approximate surface area is 174 Å². The first-order valence-corrected chi connectivity index (χ1v) is 9.85. The number of nitrogens with two attached hydrogens (primary N) is 1. The molecule has 2 aromatic carbocycles. The zero-order valence-electron chi connectivity index (χ0n) is 16.5. The van der Waals surface area contributed by atoms with Gasteiger partial charge in [-0.25, -0.2) is 4.79 Å². The van der Waals surface area contributed by atoms with Crippen LogP contribution in [0.4, 0.5) is 16.2 Å². The highest BCUT2D eigenvalue weighted by atomic mass is 16.6. The molecular formula is C21H25N5O4. The van der Waals surface area contributed by atoms with Crippen molar-refractivity contribution in [2.75, 3.05) is 18.4 Å². The number of carbonyl (C=O) groups is 2. The number of hydrogen-bond acceptors (Lipinski definition) is 5. The van der Waals surface area contributed by atoms with Crippen LogP contribution < -0.4 is 16.4 Å². The Morgan fingerprint density at radius 3 is 2.63 bits per heavy atom. The number of amides is 3. The van der Waals surface area contributed by atoms with Crippen molar-refractivity contribution in [1.82, 2.24) is 10.2 Å². The number of carbonyl (C=O) groups excluding carboxylic acids is 2. The number of hydrogen-bond donors (Lipinski definition) is 3. The van der Waals surface area contributed by atoms with E-state index in [1.54, 1.807) is 18.2 Å². The van der Waals surface area contributed by atoms with E-state index < -0.39 is 10.8 Å². The molecule has 4 N–H and O–H groups in total. The normalized spacial score (nSPS) is 16.6. The second-order valence-electron chi connectivity index (χ2n) is 7.29. The van der Waals surface area contributed by atoms with E-state index in [4.69, 9.17) is 5.73 Å². The summed E-state index contributed by atoms with van der Waals surface area (Å²) in [5, 5.41) is 17.2. The maximum atomic E-state index is 12.2. The van der Waals surface area contributed by atoms with Crippen LogP contribution in [0.25, 0.3) is 0 Å². The van der Waals surface area contributed by atoms with E-state index in [-0.39, 0.29) is 23.3 Å². The van der Waals surface area contributed by atoms with E-state index in [9.17, 15) is 19.7 Å². The van der Waals surface area contributed by atoms with Crippen LogP contribution in [0.2, 0.25) is 0 Å². The van der Waals surface area contributed by atoms with Crippen molar-refractivity contribution in [1.29, 1.82) is 0 Å². The summed E-state index contributed by atoms with van der Waals surface area (Å²) in [4.78, 5) is 36.7. The Morgan fingerprint density at radius 1 is 1.17 bits per heavy atom. The van der Waals surface area contributed by atoms with Gasteiger partial charge in [0.15, 0.2) is 0 Å². The molecule has 0 spiro atoms. The first-order valence-electron chi connectivity index (χ1n) is 9.85. The van der Waals surface area contributed by atoms with Crippen LogP contribution in [0.15, 0.2) is 48.5 Å². The van der Waals surface area contributed by atoms with E-state index in [2.05, 4.69) is 15.5 Å². The molecule has 2 aromatic rings. The lowest BCUT2D eigenvalue weighted by molar-refractivity contribution is -0.385. The lowest BCUT2D eigenvalue weighted by atomic mass is 10.00. The number of nitro benzene ring substituents is 1. The van der Waals surface area contributed by atoms with Crippen molar-refractivity contribution >= 4 is 23.3 Å². The Morgan fingerprint density at radius 2 is 1.93 bits per heavy atom. The van der Waals surface area contributed by atoms with Crippen LogP contribution in [0, 0.1) is 10.1 Å². The topological polar surface area (TPSA) is 131 Å². The third-order valence-electron chi connectivity index (χ3n) is 5.22. The summed E-state index contributed by atoms with van der Waals surface area (Å²) in [5.41, 5.74) is 6.46. The van der Waals surface area contributed by atoms with Gasteiger partial charge in [0.05, 0.1) is 4.92 Å². The number of likely N-dealkylation sites (tertiary alicyclic amines) is 1. The van der Waals surface area contributed by atoms with Crippen LogP contribution in [-0.4, -0.2) is 40.9 Å². The van der Waals surface area contributed by atoms with E-state index in [1.165, 1.54) is 12.1 Å². The average molecular weight is 411 g/mol. The molecule has 1 atom stereocenters. The summed E-state index contributed by atoms with van der Waals surface area (Å²) in [6, 6.07) is 13.3. The number of anilines is 1. The Hall–Kier alpha value is -3.46. The lowest BCUT2D eigenvalue weighted by Crippen LogP contribution is -2.47. The minimum Gasteiger partial charge on any atom is -0.366 e. The van der Waals surface area contributed by atoms with Gasteiger partial charge in [-0.3, -0.25) is 19.8 Å². The second kappa shape index (κ2) is 9.84. The second-order valence-corrected chi connectivity index (χ2v) is 7.29. The number of nitrogens with one attached hydrogen (secondary N) is 2. The van der Waals surface area contributed by atoms with E-state index in [0.717, 1.165) is 25.8 Å². The predicted octanol–water partition coefficient (Wildman–Crippen LogP) is 2.87. The Balaban J connectivity index is 1.65. The zero-order valence-corrected chi connectivity index (χ0v) is 16.5. The van der Waals surface area contributed by atoms with Gasteiger partial charge in [0, 0.05) is 42.0 Å². The smallest absolute Gasteiger partial charge is 0.319 e. The van der Waals surface area contributed by atoms with Gasteiger partial charge in [-0.2, -0.15) is 0 Å². The van der Waals surface area contributed by atoms with Gasteiger partial charge in [0.25, 0.3) is 5.69 Å². The molecule has 9 heteroatoms. The number of nitro groups is 1. The number of nitrogens with zero attached hydrogens (tertiary/aromatic N) is 2. The van der Waals surface area contributed by atoms with Crippen LogP contribution in [0.1, 0.15) is 35.2 Å². The number of para-hydroxylation sites is 1. The fourth-order valence-corrected chi connectivity index (χ4v) is 3.65. The molecule has 158 valence electrons. The minimum absolute atomic E-state index is 0.0655. The summed E-state index contributed by atoms with van der Waals surface area (Å²) >= 11 is 0. The highest BCUT2D eigenvalue weighted by molar-refractivity contribution is 5.93. The SMILES string of the molecule is NC(=O)c1ccc(CN2CCCCC2CNC(=O)Nc2ccccc2)c([N+](=O)[O-])c1. The third-order valence-corrected chi connectivity index (χ3v) is 5.22. The number of rotatable bonds is 7. The third kappa shape index (κ3) is 5.54. The van der Waals surface area contributed by atoms with Crippen LogP contribution in [0.3, 0.4) is 0 Å². The summed E-state index contributed by atoms with van der Waals surface area (Å²) in [6.45, 7) is 1.58. The summed E-state index contributed by atoms with van der Waals surface area (Å²) in [7, 11) is 0. The summed E-state index contributed by atoms with van der Waals surface area (Å²) in [6.07, 6.45) is 2.91. The number of benzene rings is 2. The van der Waals surface area contributed by atoms with Crippen molar-refractivity contribution in [2.45, 2.75) is 31.8 Å². The zero-order chi connectivity index (χ0) is 21.5. The van der Waals surface area contributed by atoms with E-state index >= 15 is 0 Å². The van der Waals surface area contributed by atoms with Crippen LogP contribution >= 0.6 is 0 Å². The van der Waals surface area contributed by atoms with Gasteiger partial charge in [-0.1, -0.05) is 30.7 Å². The molecular weight excluding hydrogens is 386 g/mol. The standard InChI is InChI=1S/C21H25N5O4/c22-20(27)15-9-10-16(19(12-15)26(29)30)14-25-11-5-4-8-18(25)13-23-21(28)24-17-6-2-1-3-7-17/h1-3,6-7,9-10,12,18H,4-5,8,11,13-14H2,(H2,22,27)(H2,23,24,28). The van der Waals surface area contributed by atoms with Gasteiger partial charge < -0.3 is 16.4 Å². The molecule has 3 rings (SSSR count). The molecule has 0 saturated carbocycles. The first kappa shape index (κ1) is 21.3. The lowest BCUT2D eigenvalue weighted by Gasteiger charge is -2.35. The molecule has 1 aliphatic rings. The van der Waals surface area contributed by atoms with Crippen LogP contribution in [0.5, 0.6) is 0 Å². The van der Waals surface area contributed by atoms with Crippen molar-refractivity contribution < 1.29 is 14.5 Å². The summed E-state index contributed by atoms with van der Waals surface area (Å²) in [5.74, 6) is -0.700. The fraction of sp³-hybridized carbons (Fsp3) is 0.333. The van der Waals surface area contributed by atoms with Crippen molar-refractivity contribution in [3.8, 4) is 0 Å². The molecule has 0 bridgehead atoms. The number of piperidine rings is 1. The molecule has 0 radical (unpaired) electrons. The van der Waals surface area contributed by atoms with E-state index in [0.29, 0.717) is 24.3 Å². The molecule has 1 fully saturated rings. The number of urea groups is 1. The average Bonchev–Trinajstić information content (AvgIpc) is 2.74. The van der Waals surface area contributed by atoms with Gasteiger partial charge in [-0.15, -0.1) is 0 Å². The molecule has 30 heavy (non-hydrogen) atoms. The van der Waals surface area contributed by atoms with Crippen molar-refractivity contribution in [3.05, 3.63) is 69.8 Å². The van der Waals surface area contributed by atoms with Gasteiger partial charge in [0.2, 0.25) is 5.91 Å². The van der Waals surface area contributed by atoms with Crippen LogP contribution in [-0.2, 0) is 6.54 Å². The molecule has 1 aliphatic heterocycles. The van der Waals surface area contributed by atoms with Gasteiger partial charge in [-0.05, 0) is 37.6 Å². The number of primary amides is 1.